The minimum absolute atomic E-state index is 0.307. The maximum atomic E-state index is 10.2. The molecule has 0 saturated heterocycles. The van der Waals surface area contributed by atoms with Crippen LogP contribution in [0.1, 0.15) is 58.3 Å². The molecule has 0 aromatic carbocycles. The van der Waals surface area contributed by atoms with E-state index in [2.05, 4.69) is 6.92 Å². The van der Waals surface area contributed by atoms with Gasteiger partial charge in [-0.25, -0.2) is 0 Å². The van der Waals surface area contributed by atoms with E-state index in [1.807, 2.05) is 0 Å². The first kappa shape index (κ1) is 13.4. The second kappa shape index (κ2) is 9.00. The van der Waals surface area contributed by atoms with Crippen LogP contribution in [0.5, 0.6) is 0 Å². The Balaban J connectivity index is 3.09. The van der Waals surface area contributed by atoms with Gasteiger partial charge in [-0.1, -0.05) is 32.6 Å². The zero-order chi connectivity index (χ0) is 10.8. The fourth-order valence-corrected chi connectivity index (χ4v) is 1.55. The van der Waals surface area contributed by atoms with Gasteiger partial charge in [0.05, 0.1) is 0 Å². The summed E-state index contributed by atoms with van der Waals surface area (Å²) >= 11 is 0. The smallest absolute Gasteiger partial charge is 0.303 e. The first-order valence-electron chi connectivity index (χ1n) is 5.64. The number of nitrogens with two attached hydrogens (primary N) is 1. The lowest BCUT2D eigenvalue weighted by Crippen LogP contribution is -2.18. The zero-order valence-corrected chi connectivity index (χ0v) is 9.17. The lowest BCUT2D eigenvalue weighted by Gasteiger charge is -2.08. The molecule has 3 heteroatoms. The van der Waals surface area contributed by atoms with E-state index < -0.39 is 5.97 Å². The SMILES string of the molecule is CCCC(N)CCCCCCC(=O)O. The summed E-state index contributed by atoms with van der Waals surface area (Å²) in [7, 11) is 0. The number of rotatable bonds is 9. The van der Waals surface area contributed by atoms with Gasteiger partial charge >= 0.3 is 5.97 Å². The van der Waals surface area contributed by atoms with Gasteiger partial charge in [0, 0.05) is 12.5 Å². The van der Waals surface area contributed by atoms with Gasteiger partial charge in [0.25, 0.3) is 0 Å². The Bertz CT molecular complexity index is 148. The van der Waals surface area contributed by atoms with E-state index in [1.54, 1.807) is 0 Å². The van der Waals surface area contributed by atoms with E-state index in [9.17, 15) is 4.79 Å². The Labute approximate surface area is 86.7 Å². The van der Waals surface area contributed by atoms with Crippen molar-refractivity contribution in [1.82, 2.24) is 0 Å². The molecule has 0 aromatic heterocycles. The van der Waals surface area contributed by atoms with Gasteiger partial charge < -0.3 is 10.8 Å². The summed E-state index contributed by atoms with van der Waals surface area (Å²) in [6.45, 7) is 2.15. The molecule has 0 aliphatic rings. The largest absolute Gasteiger partial charge is 0.481 e. The number of unbranched alkanes of at least 4 members (excludes halogenated alkanes) is 3. The van der Waals surface area contributed by atoms with E-state index in [4.69, 9.17) is 10.8 Å². The van der Waals surface area contributed by atoms with Crippen LogP contribution in [0.25, 0.3) is 0 Å². The molecule has 0 saturated carbocycles. The molecule has 3 N–H and O–H groups in total. The maximum Gasteiger partial charge on any atom is 0.303 e. The predicted molar refractivity (Wildman–Crippen MR) is 58.2 cm³/mol. The highest BCUT2D eigenvalue weighted by Crippen LogP contribution is 2.08. The fourth-order valence-electron chi connectivity index (χ4n) is 1.55. The van der Waals surface area contributed by atoms with Crippen LogP contribution in [0.3, 0.4) is 0 Å². The number of hydrogen-bond donors (Lipinski definition) is 2. The normalized spacial score (nSPS) is 12.7. The van der Waals surface area contributed by atoms with Crippen molar-refractivity contribution >= 4 is 5.97 Å². The Morgan fingerprint density at radius 1 is 1.21 bits per heavy atom. The van der Waals surface area contributed by atoms with Gasteiger partial charge in [0.1, 0.15) is 0 Å². The minimum atomic E-state index is -0.687. The van der Waals surface area contributed by atoms with Crippen molar-refractivity contribution in [2.75, 3.05) is 0 Å². The lowest BCUT2D eigenvalue weighted by molar-refractivity contribution is -0.137. The van der Waals surface area contributed by atoms with E-state index in [-0.39, 0.29) is 0 Å². The van der Waals surface area contributed by atoms with Gasteiger partial charge in [-0.3, -0.25) is 4.79 Å². The van der Waals surface area contributed by atoms with E-state index in [0.29, 0.717) is 12.5 Å². The van der Waals surface area contributed by atoms with Crippen molar-refractivity contribution in [1.29, 1.82) is 0 Å². The third-order valence-corrected chi connectivity index (χ3v) is 2.38. The van der Waals surface area contributed by atoms with E-state index in [1.165, 1.54) is 0 Å². The first-order chi connectivity index (χ1) is 6.66. The van der Waals surface area contributed by atoms with Crippen molar-refractivity contribution in [3.63, 3.8) is 0 Å². The molecule has 0 spiro atoms. The Morgan fingerprint density at radius 3 is 2.43 bits per heavy atom. The van der Waals surface area contributed by atoms with Crippen LogP contribution in [0.15, 0.2) is 0 Å². The lowest BCUT2D eigenvalue weighted by atomic mass is 10.0. The van der Waals surface area contributed by atoms with Gasteiger partial charge in [-0.05, 0) is 19.3 Å². The number of aliphatic carboxylic acids is 1. The predicted octanol–water partition coefficient (Wildman–Crippen LogP) is 2.54. The van der Waals surface area contributed by atoms with Crippen molar-refractivity contribution in [3.8, 4) is 0 Å². The van der Waals surface area contributed by atoms with Crippen LogP contribution in [0.2, 0.25) is 0 Å². The highest BCUT2D eigenvalue weighted by Gasteiger charge is 2.01. The summed E-state index contributed by atoms with van der Waals surface area (Å²) in [6, 6.07) is 0.347. The molecule has 1 atom stereocenters. The molecule has 84 valence electrons. The van der Waals surface area contributed by atoms with Crippen LogP contribution >= 0.6 is 0 Å². The van der Waals surface area contributed by atoms with E-state index >= 15 is 0 Å². The molecule has 0 rings (SSSR count). The van der Waals surface area contributed by atoms with E-state index in [0.717, 1.165) is 44.9 Å². The summed E-state index contributed by atoms with van der Waals surface area (Å²) < 4.78 is 0. The third kappa shape index (κ3) is 9.52. The maximum absolute atomic E-state index is 10.2. The van der Waals surface area contributed by atoms with Gasteiger partial charge in [0.2, 0.25) is 0 Å². The summed E-state index contributed by atoms with van der Waals surface area (Å²) in [5.74, 6) is -0.687. The molecular formula is C11H23NO2. The minimum Gasteiger partial charge on any atom is -0.481 e. The second-order valence-corrected chi connectivity index (χ2v) is 3.90. The molecule has 14 heavy (non-hydrogen) atoms. The average molecular weight is 201 g/mol. The van der Waals surface area contributed by atoms with Crippen LogP contribution in [0, 0.1) is 0 Å². The highest BCUT2D eigenvalue weighted by atomic mass is 16.4. The summed E-state index contributed by atoms with van der Waals surface area (Å²) in [4.78, 5) is 10.2. The Kier molecular flexibility index (Phi) is 8.64. The average Bonchev–Trinajstić information content (AvgIpc) is 2.11. The number of carboxylic acids is 1. The molecule has 1 unspecified atom stereocenters. The van der Waals surface area contributed by atoms with Crippen molar-refractivity contribution in [2.24, 2.45) is 5.73 Å². The van der Waals surface area contributed by atoms with Gasteiger partial charge in [-0.15, -0.1) is 0 Å². The molecule has 0 aliphatic carbocycles. The molecule has 0 heterocycles. The zero-order valence-electron chi connectivity index (χ0n) is 9.17. The molecule has 3 nitrogen and oxygen atoms in total. The standard InChI is InChI=1S/C11H23NO2/c1-2-7-10(12)8-5-3-4-6-9-11(13)14/h10H,2-9,12H2,1H3,(H,13,14). The molecule has 0 fully saturated rings. The molecular weight excluding hydrogens is 178 g/mol. The summed E-state index contributed by atoms with van der Waals surface area (Å²) in [5, 5.41) is 8.41. The monoisotopic (exact) mass is 201 g/mol. The molecule has 0 aliphatic heterocycles. The van der Waals surface area contributed by atoms with Crippen LogP contribution in [-0.2, 0) is 4.79 Å². The van der Waals surface area contributed by atoms with Crippen molar-refractivity contribution in [3.05, 3.63) is 0 Å². The highest BCUT2D eigenvalue weighted by molar-refractivity contribution is 5.66. The Morgan fingerprint density at radius 2 is 1.86 bits per heavy atom. The topological polar surface area (TPSA) is 63.3 Å². The van der Waals surface area contributed by atoms with Gasteiger partial charge in [0.15, 0.2) is 0 Å². The van der Waals surface area contributed by atoms with Crippen molar-refractivity contribution in [2.45, 2.75) is 64.3 Å². The number of carboxylic acid groups (broad SMARTS) is 1. The van der Waals surface area contributed by atoms with Crippen LogP contribution < -0.4 is 5.73 Å². The fraction of sp³-hybridized carbons (Fsp3) is 0.909. The van der Waals surface area contributed by atoms with Crippen molar-refractivity contribution < 1.29 is 9.90 Å². The third-order valence-electron chi connectivity index (χ3n) is 2.38. The summed E-state index contributed by atoms with van der Waals surface area (Å²) in [6.07, 6.45) is 7.73. The first-order valence-corrected chi connectivity index (χ1v) is 5.64. The number of carbonyl (C=O) groups is 1. The second-order valence-electron chi connectivity index (χ2n) is 3.90. The quantitative estimate of drug-likeness (QED) is 0.563. The molecule has 0 amide bonds. The van der Waals surface area contributed by atoms with Gasteiger partial charge in [-0.2, -0.15) is 0 Å². The molecule has 0 radical (unpaired) electrons. The molecule has 0 aromatic rings. The van der Waals surface area contributed by atoms with Crippen LogP contribution in [-0.4, -0.2) is 17.1 Å². The Hall–Kier alpha value is -0.570. The molecule has 0 bridgehead atoms. The summed E-state index contributed by atoms with van der Waals surface area (Å²) in [5.41, 5.74) is 5.85. The van der Waals surface area contributed by atoms with Crippen LogP contribution in [0.4, 0.5) is 0 Å². The number of hydrogen-bond acceptors (Lipinski definition) is 2.